The quantitative estimate of drug-likeness (QED) is 0.443. The third kappa shape index (κ3) is 0.943. The summed E-state index contributed by atoms with van der Waals surface area (Å²) >= 11 is 0. The normalized spacial score (nSPS) is 22.6. The lowest BCUT2D eigenvalue weighted by molar-refractivity contribution is 0.502. The van der Waals surface area contributed by atoms with Gasteiger partial charge in [-0.3, -0.25) is 0 Å². The van der Waals surface area contributed by atoms with Crippen LogP contribution in [0.3, 0.4) is 0 Å². The van der Waals surface area contributed by atoms with Crippen LogP contribution in [0.1, 0.15) is 13.8 Å². The van der Waals surface area contributed by atoms with Gasteiger partial charge in [-0.2, -0.15) is 0 Å². The zero-order valence-corrected chi connectivity index (χ0v) is 6.31. The number of dihydropyridines is 1. The smallest absolute Gasteiger partial charge is 0.0727 e. The molecular formula is C7H13N3. The van der Waals surface area contributed by atoms with Crippen LogP contribution in [0.2, 0.25) is 0 Å². The van der Waals surface area contributed by atoms with E-state index in [2.05, 4.69) is 5.32 Å². The highest BCUT2D eigenvalue weighted by atomic mass is 15.0. The van der Waals surface area contributed by atoms with E-state index in [1.165, 1.54) is 0 Å². The number of rotatable bonds is 0. The lowest BCUT2D eigenvalue weighted by Crippen LogP contribution is -2.44. The van der Waals surface area contributed by atoms with Crippen LogP contribution in [0.25, 0.3) is 0 Å². The first-order valence-corrected chi connectivity index (χ1v) is 3.24. The first kappa shape index (κ1) is 6.99. The highest BCUT2D eigenvalue weighted by molar-refractivity contribution is 5.31. The van der Waals surface area contributed by atoms with Gasteiger partial charge < -0.3 is 16.8 Å². The maximum Gasteiger partial charge on any atom is 0.0727 e. The van der Waals surface area contributed by atoms with Crippen molar-refractivity contribution in [3.63, 3.8) is 0 Å². The van der Waals surface area contributed by atoms with Crippen molar-refractivity contribution in [3.8, 4) is 0 Å². The molecule has 3 heteroatoms. The second kappa shape index (κ2) is 1.94. The molecule has 1 aliphatic heterocycles. The van der Waals surface area contributed by atoms with Crippen molar-refractivity contribution in [2.45, 2.75) is 19.4 Å². The molecule has 1 heterocycles. The molecule has 0 aromatic heterocycles. The summed E-state index contributed by atoms with van der Waals surface area (Å²) in [5.74, 6) is 0. The summed E-state index contributed by atoms with van der Waals surface area (Å²) in [5, 5.41) is 3.10. The van der Waals surface area contributed by atoms with Gasteiger partial charge in [0.15, 0.2) is 0 Å². The minimum Gasteiger partial charge on any atom is -0.398 e. The number of nitrogens with two attached hydrogens (primary N) is 2. The summed E-state index contributed by atoms with van der Waals surface area (Å²) in [6.07, 6.45) is 3.58. The molecular weight excluding hydrogens is 126 g/mol. The first-order chi connectivity index (χ1) is 4.54. The molecule has 0 saturated carbocycles. The van der Waals surface area contributed by atoms with Crippen molar-refractivity contribution in [1.82, 2.24) is 5.32 Å². The molecule has 3 nitrogen and oxygen atoms in total. The number of hydrogen-bond donors (Lipinski definition) is 3. The Morgan fingerprint density at radius 3 is 2.40 bits per heavy atom. The van der Waals surface area contributed by atoms with Gasteiger partial charge in [-0.15, -0.1) is 0 Å². The molecule has 0 aliphatic carbocycles. The molecule has 1 rings (SSSR count). The summed E-state index contributed by atoms with van der Waals surface area (Å²) in [5.41, 5.74) is 12.4. The third-order valence-electron chi connectivity index (χ3n) is 1.69. The molecule has 0 amide bonds. The number of hydrogen-bond acceptors (Lipinski definition) is 3. The van der Waals surface area contributed by atoms with Crippen LogP contribution in [-0.2, 0) is 0 Å². The van der Waals surface area contributed by atoms with Gasteiger partial charge in [0.1, 0.15) is 0 Å². The minimum atomic E-state index is -0.196. The van der Waals surface area contributed by atoms with Crippen LogP contribution in [-0.4, -0.2) is 5.54 Å². The predicted molar refractivity (Wildman–Crippen MR) is 41.8 cm³/mol. The second-order valence-electron chi connectivity index (χ2n) is 2.97. The Hall–Kier alpha value is -1.12. The SMILES string of the molecule is CC1(C)NC=CC(N)=C1N. The maximum atomic E-state index is 5.70. The molecule has 0 fully saturated rings. The van der Waals surface area contributed by atoms with Crippen LogP contribution in [0.4, 0.5) is 0 Å². The molecule has 56 valence electrons. The third-order valence-corrected chi connectivity index (χ3v) is 1.69. The van der Waals surface area contributed by atoms with Crippen LogP contribution in [0, 0.1) is 0 Å². The summed E-state index contributed by atoms with van der Waals surface area (Å²) in [4.78, 5) is 0. The molecule has 0 unspecified atom stereocenters. The van der Waals surface area contributed by atoms with E-state index in [4.69, 9.17) is 11.5 Å². The molecule has 0 spiro atoms. The average molecular weight is 139 g/mol. The Balaban J connectivity index is 2.99. The van der Waals surface area contributed by atoms with Crippen molar-refractivity contribution in [3.05, 3.63) is 23.7 Å². The Kier molecular flexibility index (Phi) is 1.35. The maximum absolute atomic E-state index is 5.70. The number of allylic oxidation sites excluding steroid dienone is 1. The van der Waals surface area contributed by atoms with Crippen LogP contribution >= 0.6 is 0 Å². The Morgan fingerprint density at radius 2 is 2.00 bits per heavy atom. The Morgan fingerprint density at radius 1 is 1.40 bits per heavy atom. The van der Waals surface area contributed by atoms with Crippen molar-refractivity contribution < 1.29 is 0 Å². The Labute approximate surface area is 60.8 Å². The van der Waals surface area contributed by atoms with Crippen molar-refractivity contribution in [2.75, 3.05) is 0 Å². The fourth-order valence-electron chi connectivity index (χ4n) is 0.868. The van der Waals surface area contributed by atoms with Gasteiger partial charge in [-0.1, -0.05) is 0 Å². The van der Waals surface area contributed by atoms with E-state index in [9.17, 15) is 0 Å². The number of nitrogens with one attached hydrogen (secondary N) is 1. The van der Waals surface area contributed by atoms with E-state index in [1.807, 2.05) is 20.0 Å². The molecule has 10 heavy (non-hydrogen) atoms. The van der Waals surface area contributed by atoms with Crippen LogP contribution in [0.15, 0.2) is 23.7 Å². The van der Waals surface area contributed by atoms with Gasteiger partial charge in [0.25, 0.3) is 0 Å². The summed E-state index contributed by atoms with van der Waals surface area (Å²) < 4.78 is 0. The van der Waals surface area contributed by atoms with Gasteiger partial charge in [-0.25, -0.2) is 0 Å². The zero-order valence-electron chi connectivity index (χ0n) is 6.31. The topological polar surface area (TPSA) is 64.1 Å². The van der Waals surface area contributed by atoms with E-state index in [-0.39, 0.29) is 5.54 Å². The van der Waals surface area contributed by atoms with Crippen molar-refractivity contribution >= 4 is 0 Å². The van der Waals surface area contributed by atoms with Gasteiger partial charge >= 0.3 is 0 Å². The van der Waals surface area contributed by atoms with Crippen molar-refractivity contribution in [2.24, 2.45) is 11.5 Å². The lowest BCUT2D eigenvalue weighted by Gasteiger charge is -2.29. The van der Waals surface area contributed by atoms with E-state index in [1.54, 1.807) is 6.08 Å². The first-order valence-electron chi connectivity index (χ1n) is 3.24. The van der Waals surface area contributed by atoms with Gasteiger partial charge in [0.2, 0.25) is 0 Å². The van der Waals surface area contributed by atoms with Gasteiger partial charge in [0, 0.05) is 0 Å². The molecule has 0 aromatic rings. The predicted octanol–water partition coefficient (Wildman–Crippen LogP) is 0.0109. The Bertz CT molecular complexity index is 201. The van der Waals surface area contributed by atoms with E-state index < -0.39 is 0 Å². The molecule has 0 atom stereocenters. The standard InChI is InChI=1S/C7H13N3/c1-7(2)6(9)5(8)3-4-10-7/h3-4,10H,8-9H2,1-2H3. The highest BCUT2D eigenvalue weighted by Crippen LogP contribution is 2.16. The van der Waals surface area contributed by atoms with Crippen molar-refractivity contribution in [1.29, 1.82) is 0 Å². The van der Waals surface area contributed by atoms with E-state index >= 15 is 0 Å². The molecule has 1 aliphatic rings. The molecule has 5 N–H and O–H groups in total. The van der Waals surface area contributed by atoms with Gasteiger partial charge in [0.05, 0.1) is 16.9 Å². The zero-order chi connectivity index (χ0) is 7.78. The van der Waals surface area contributed by atoms with E-state index in [0.717, 1.165) is 0 Å². The fraction of sp³-hybridized carbons (Fsp3) is 0.429. The highest BCUT2D eigenvalue weighted by Gasteiger charge is 2.23. The van der Waals surface area contributed by atoms with Crippen LogP contribution in [0.5, 0.6) is 0 Å². The van der Waals surface area contributed by atoms with Gasteiger partial charge in [-0.05, 0) is 26.1 Å². The summed E-state index contributed by atoms with van der Waals surface area (Å²) in [7, 11) is 0. The molecule has 0 bridgehead atoms. The lowest BCUT2D eigenvalue weighted by atomic mass is 9.97. The second-order valence-corrected chi connectivity index (χ2v) is 2.97. The van der Waals surface area contributed by atoms with Crippen LogP contribution < -0.4 is 16.8 Å². The average Bonchev–Trinajstić information content (AvgIpc) is 1.83. The largest absolute Gasteiger partial charge is 0.398 e. The molecule has 0 aromatic carbocycles. The molecule has 0 saturated heterocycles. The van der Waals surface area contributed by atoms with E-state index in [0.29, 0.717) is 11.4 Å². The summed E-state index contributed by atoms with van der Waals surface area (Å²) in [6, 6.07) is 0. The molecule has 0 radical (unpaired) electrons. The minimum absolute atomic E-state index is 0.196. The summed E-state index contributed by atoms with van der Waals surface area (Å²) in [6.45, 7) is 3.97. The monoisotopic (exact) mass is 139 g/mol. The fourth-order valence-corrected chi connectivity index (χ4v) is 0.868.